The molecule has 5 aromatic carbocycles. The van der Waals surface area contributed by atoms with Gasteiger partial charge in [-0.2, -0.15) is 16.8 Å². The minimum absolute atomic E-state index is 0.0888. The van der Waals surface area contributed by atoms with E-state index in [1.165, 1.54) is 28.3 Å². The van der Waals surface area contributed by atoms with Crippen LogP contribution in [-0.2, 0) is 43.9 Å². The van der Waals surface area contributed by atoms with E-state index in [9.17, 15) is 31.0 Å². The van der Waals surface area contributed by atoms with Crippen molar-refractivity contribution in [1.29, 1.82) is 0 Å². The number of hydrogen-bond acceptors (Lipinski definition) is 6. The number of aliphatic imine (C=N–C) groups is 1. The second kappa shape index (κ2) is 17.3. The van der Waals surface area contributed by atoms with Gasteiger partial charge in [0.2, 0.25) is 0 Å². The Labute approximate surface area is 374 Å². The molecule has 0 atom stereocenters. The number of hydrogen-bond donors (Lipinski definition) is 3. The van der Waals surface area contributed by atoms with Gasteiger partial charge in [0, 0.05) is 16.7 Å². The first-order valence-corrected chi connectivity index (χ1v) is 23.9. The first-order valence-electron chi connectivity index (χ1n) is 21.0. The number of nitrogens with zero attached hydrogens (tertiary/aromatic N) is 1. The molecule has 1 aliphatic rings. The van der Waals surface area contributed by atoms with Crippen molar-refractivity contribution in [3.63, 3.8) is 0 Å². The van der Waals surface area contributed by atoms with Crippen LogP contribution in [0, 0.1) is 41.5 Å². The molecule has 0 unspecified atom stereocenters. The first kappa shape index (κ1) is 47.1. The highest BCUT2D eigenvalue weighted by atomic mass is 32.2. The van der Waals surface area contributed by atoms with Crippen LogP contribution >= 0.6 is 0 Å². The van der Waals surface area contributed by atoms with E-state index in [0.29, 0.717) is 51.2 Å². The summed E-state index contributed by atoms with van der Waals surface area (Å²) >= 11 is 0. The zero-order chi connectivity index (χ0) is 46.6. The van der Waals surface area contributed by atoms with E-state index >= 15 is 0 Å². The van der Waals surface area contributed by atoms with Crippen LogP contribution in [0.25, 0.3) is 5.57 Å². The second-order valence-corrected chi connectivity index (χ2v) is 21.8. The number of aromatic hydroxyl groups is 1. The average Bonchev–Trinajstić information content (AvgIpc) is 3.15. The molecule has 0 aliphatic heterocycles. The predicted molar refractivity (Wildman–Crippen MR) is 257 cm³/mol. The lowest BCUT2D eigenvalue weighted by Crippen LogP contribution is -2.17. The van der Waals surface area contributed by atoms with Crippen LogP contribution in [0.2, 0.25) is 0 Å². The summed E-state index contributed by atoms with van der Waals surface area (Å²) in [5.41, 5.74) is 13.2. The van der Waals surface area contributed by atoms with Crippen LogP contribution in [0.1, 0.15) is 119 Å². The van der Waals surface area contributed by atoms with Crippen molar-refractivity contribution < 1.29 is 31.0 Å². The Kier molecular flexibility index (Phi) is 12.9. The van der Waals surface area contributed by atoms with Gasteiger partial charge in [-0.15, -0.1) is 0 Å². The summed E-state index contributed by atoms with van der Waals surface area (Å²) in [6.45, 7) is 23.7. The number of aryl methyl sites for hydroxylation is 5. The highest BCUT2D eigenvalue weighted by Crippen LogP contribution is 2.43. The van der Waals surface area contributed by atoms with Crippen molar-refractivity contribution in [2.24, 2.45) is 4.99 Å². The van der Waals surface area contributed by atoms with E-state index in [4.69, 9.17) is 4.99 Å². The summed E-state index contributed by atoms with van der Waals surface area (Å²) in [5.74, 6) is 0.204. The molecule has 63 heavy (non-hydrogen) atoms. The Bertz CT molecular complexity index is 2930. The molecule has 0 saturated carbocycles. The Morgan fingerprint density at radius 2 is 1.05 bits per heavy atom. The van der Waals surface area contributed by atoms with Crippen molar-refractivity contribution in [1.82, 2.24) is 0 Å². The van der Waals surface area contributed by atoms with Gasteiger partial charge in [0.05, 0.1) is 16.3 Å². The lowest BCUT2D eigenvalue weighted by atomic mass is 9.79. The fourth-order valence-corrected chi connectivity index (χ4v) is 10.5. The summed E-state index contributed by atoms with van der Waals surface area (Å²) < 4.78 is 72.5. The maximum Gasteiger partial charge on any atom is 0.295 e. The highest BCUT2D eigenvalue weighted by molar-refractivity contribution is 7.90. The van der Waals surface area contributed by atoms with Crippen molar-refractivity contribution in [3.05, 3.63) is 185 Å². The van der Waals surface area contributed by atoms with Crippen LogP contribution in [0.5, 0.6) is 5.75 Å². The molecule has 0 saturated heterocycles. The zero-order valence-electron chi connectivity index (χ0n) is 38.4. The number of allylic oxidation sites excluding steroid dienone is 4. The molecule has 0 radical (unpaired) electrons. The Morgan fingerprint density at radius 3 is 1.49 bits per heavy atom. The molecule has 6 rings (SSSR count). The van der Waals surface area contributed by atoms with Gasteiger partial charge in [-0.1, -0.05) is 120 Å². The standard InChI is InChI=1S/C53H59NO7S2/c1-31-23-32(2)44(33(3)24-31)26-37-13-17-39(18-14-37)49(40-19-15-38(16-20-40)27-45-34(4)25-35(5)51(36(45)6)63(59,60)61)43-22-21-41(30-48(43)62(56,57)58)54-42-28-46(52(7,8)9)50(55)47(29-42)53(10,11)12/h13-25,28-30,55H,26-27H2,1-12H3,(H,56,57,58)(H,59,60,61). The summed E-state index contributed by atoms with van der Waals surface area (Å²) in [4.78, 5) is 4.46. The van der Waals surface area contributed by atoms with Gasteiger partial charge < -0.3 is 5.11 Å². The van der Waals surface area contributed by atoms with Crippen LogP contribution in [0.15, 0.2) is 117 Å². The normalized spacial score (nSPS) is 15.2. The Morgan fingerprint density at radius 1 is 0.587 bits per heavy atom. The van der Waals surface area contributed by atoms with Crippen LogP contribution < -0.4 is 0 Å². The number of benzene rings is 5. The third-order valence-corrected chi connectivity index (χ3v) is 13.9. The predicted octanol–water partition coefficient (Wildman–Crippen LogP) is 12.2. The average molecular weight is 886 g/mol. The zero-order valence-corrected chi connectivity index (χ0v) is 40.0. The van der Waals surface area contributed by atoms with E-state index in [1.54, 1.807) is 32.1 Å². The third-order valence-electron chi connectivity index (χ3n) is 11.9. The molecule has 0 fully saturated rings. The van der Waals surface area contributed by atoms with Crippen LogP contribution in [0.4, 0.5) is 5.69 Å². The Hall–Kier alpha value is -5.39. The van der Waals surface area contributed by atoms with Gasteiger partial charge in [-0.05, 0) is 156 Å². The van der Waals surface area contributed by atoms with Gasteiger partial charge in [-0.3, -0.25) is 9.11 Å². The molecule has 0 amide bonds. The van der Waals surface area contributed by atoms with E-state index in [2.05, 4.69) is 32.9 Å². The molecule has 10 heteroatoms. The molecule has 0 bridgehead atoms. The number of phenolic OH excluding ortho intramolecular Hbond substituents is 1. The summed E-state index contributed by atoms with van der Waals surface area (Å²) in [5, 5.41) is 11.3. The quantitative estimate of drug-likeness (QED) is 0.125. The summed E-state index contributed by atoms with van der Waals surface area (Å²) in [6, 6.07) is 25.4. The monoisotopic (exact) mass is 885 g/mol. The first-order chi connectivity index (χ1) is 29.1. The lowest BCUT2D eigenvalue weighted by molar-refractivity contribution is 0.423. The van der Waals surface area contributed by atoms with Crippen molar-refractivity contribution in [3.8, 4) is 5.75 Å². The van der Waals surface area contributed by atoms with Crippen molar-refractivity contribution >= 4 is 37.2 Å². The molecule has 0 spiro atoms. The van der Waals surface area contributed by atoms with Crippen molar-refractivity contribution in [2.45, 2.75) is 112 Å². The van der Waals surface area contributed by atoms with Crippen LogP contribution in [0.3, 0.4) is 0 Å². The fraction of sp³-hybridized carbons (Fsp3) is 0.302. The molecule has 330 valence electrons. The van der Waals surface area contributed by atoms with Gasteiger partial charge in [0.15, 0.2) is 0 Å². The minimum atomic E-state index is -4.81. The maximum atomic E-state index is 13.4. The highest BCUT2D eigenvalue weighted by Gasteiger charge is 2.29. The van der Waals surface area contributed by atoms with E-state index in [1.807, 2.05) is 109 Å². The molecular formula is C53H59NO7S2. The van der Waals surface area contributed by atoms with Crippen LogP contribution in [-0.4, -0.2) is 36.8 Å². The molecule has 0 aromatic heterocycles. The fourth-order valence-electron chi connectivity index (χ4n) is 8.80. The van der Waals surface area contributed by atoms with E-state index in [0.717, 1.165) is 34.2 Å². The van der Waals surface area contributed by atoms with Gasteiger partial charge in [-0.25, -0.2) is 4.99 Å². The molecule has 8 nitrogen and oxygen atoms in total. The van der Waals surface area contributed by atoms with Gasteiger partial charge >= 0.3 is 0 Å². The molecule has 0 heterocycles. The molecule has 3 N–H and O–H groups in total. The van der Waals surface area contributed by atoms with E-state index < -0.39 is 31.1 Å². The van der Waals surface area contributed by atoms with Crippen molar-refractivity contribution in [2.75, 3.05) is 0 Å². The second-order valence-electron chi connectivity index (χ2n) is 19.1. The summed E-state index contributed by atoms with van der Waals surface area (Å²) in [7, 11) is -9.26. The SMILES string of the molecule is Cc1cc(C)c(Cc2ccc(C(=C3C=CC(=Nc4cc(C(C)(C)C)c(O)c(C(C)(C)C)c4)C=C3S(=O)(=O)O)c3ccc(Cc4c(C)cc(C)c(S(=O)(=O)O)c4C)cc3)cc2)c(C)c1. The van der Waals surface area contributed by atoms with Gasteiger partial charge in [0.1, 0.15) is 10.7 Å². The largest absolute Gasteiger partial charge is 0.507 e. The summed E-state index contributed by atoms with van der Waals surface area (Å²) in [6.07, 6.45) is 5.89. The molecule has 5 aromatic rings. The minimum Gasteiger partial charge on any atom is -0.507 e. The Balaban J connectivity index is 1.51. The smallest absolute Gasteiger partial charge is 0.295 e. The lowest BCUT2D eigenvalue weighted by Gasteiger charge is -2.27. The number of phenols is 1. The number of rotatable bonds is 9. The topological polar surface area (TPSA) is 141 Å². The van der Waals surface area contributed by atoms with E-state index in [-0.39, 0.29) is 21.1 Å². The molecular weight excluding hydrogens is 827 g/mol. The maximum absolute atomic E-state index is 13.4. The van der Waals surface area contributed by atoms with Gasteiger partial charge in [0.25, 0.3) is 20.2 Å². The third kappa shape index (κ3) is 10.4. The molecule has 1 aliphatic carbocycles.